The summed E-state index contributed by atoms with van der Waals surface area (Å²) < 4.78 is 12.2. The van der Waals surface area contributed by atoms with Crippen LogP contribution in [-0.4, -0.2) is 40.2 Å². The first-order chi connectivity index (χ1) is 20.4. The minimum atomic E-state index is -0.718. The molecule has 1 saturated heterocycles. The van der Waals surface area contributed by atoms with Crippen molar-refractivity contribution in [1.29, 1.82) is 0 Å². The zero-order valence-electron chi connectivity index (χ0n) is 24.9. The van der Waals surface area contributed by atoms with Gasteiger partial charge in [0.25, 0.3) is 0 Å². The van der Waals surface area contributed by atoms with Crippen LogP contribution in [0.3, 0.4) is 0 Å². The SMILES string of the molecule is COc1cc(-c2ccc(C3CCc4ccc(C(C5CC5)[C@H](C)C(=O)O)cc4O3)cc2CN2CCCCC23CC3)ccn1. The van der Waals surface area contributed by atoms with Crippen molar-refractivity contribution < 1.29 is 19.4 Å². The van der Waals surface area contributed by atoms with E-state index >= 15 is 0 Å². The van der Waals surface area contributed by atoms with E-state index in [9.17, 15) is 9.90 Å². The van der Waals surface area contributed by atoms with Gasteiger partial charge in [0.1, 0.15) is 11.9 Å². The number of carboxylic acid groups (broad SMARTS) is 1. The van der Waals surface area contributed by atoms with E-state index in [1.54, 1.807) is 7.11 Å². The lowest BCUT2D eigenvalue weighted by Gasteiger charge is -2.37. The number of aromatic nitrogens is 1. The third-order valence-corrected chi connectivity index (χ3v) is 10.4. The van der Waals surface area contributed by atoms with Crippen molar-refractivity contribution in [1.82, 2.24) is 9.88 Å². The average Bonchev–Trinajstić information content (AvgIpc) is 3.96. The fraction of sp³-hybridized carbons (Fsp3) is 0.500. The quantitative estimate of drug-likeness (QED) is 0.288. The summed E-state index contributed by atoms with van der Waals surface area (Å²) in [5, 5.41) is 9.79. The molecule has 2 unspecified atom stereocenters. The van der Waals surface area contributed by atoms with Gasteiger partial charge in [0, 0.05) is 24.3 Å². The summed E-state index contributed by atoms with van der Waals surface area (Å²) in [6, 6.07) is 17.4. The summed E-state index contributed by atoms with van der Waals surface area (Å²) in [7, 11) is 1.67. The maximum absolute atomic E-state index is 11.9. The molecule has 7 rings (SSSR count). The number of nitrogens with zero attached hydrogens (tertiary/aromatic N) is 2. The highest BCUT2D eigenvalue weighted by Gasteiger charge is 2.48. The van der Waals surface area contributed by atoms with Crippen molar-refractivity contribution >= 4 is 5.97 Å². The van der Waals surface area contributed by atoms with Crippen molar-refractivity contribution in [3.05, 3.63) is 77.0 Å². The molecule has 1 aromatic heterocycles. The molecule has 2 aliphatic carbocycles. The number of pyridine rings is 1. The van der Waals surface area contributed by atoms with Crippen LogP contribution < -0.4 is 9.47 Å². The topological polar surface area (TPSA) is 71.9 Å². The van der Waals surface area contributed by atoms with Crippen LogP contribution in [0.5, 0.6) is 11.6 Å². The lowest BCUT2D eigenvalue weighted by atomic mass is 9.82. The van der Waals surface area contributed by atoms with Crippen LogP contribution in [0.1, 0.15) is 92.6 Å². The number of carboxylic acids is 1. The molecule has 3 heterocycles. The van der Waals surface area contributed by atoms with Crippen LogP contribution in [-0.2, 0) is 17.8 Å². The number of rotatable bonds is 9. The number of benzene rings is 2. The molecule has 0 radical (unpaired) electrons. The fourth-order valence-corrected chi connectivity index (χ4v) is 7.64. The standard InChI is InChI=1S/C36H42N2O4/c1-23(35(39)40)34(25-6-7-25)28-8-5-24-10-12-31(42-32(24)20-28)27-9-11-30(26-13-17-37-33(21-26)41-2)29(19-27)22-38-18-4-3-14-36(38)15-16-36/h5,8-9,11,13,17,19-21,23,25,31,34H,3-4,6-7,10,12,14-16,18,22H2,1-2H3,(H,39,40)/t23-,31?,34?/m0/s1. The highest BCUT2D eigenvalue weighted by molar-refractivity contribution is 5.71. The van der Waals surface area contributed by atoms with Crippen LogP contribution in [0, 0.1) is 11.8 Å². The monoisotopic (exact) mass is 566 g/mol. The summed E-state index contributed by atoms with van der Waals surface area (Å²) in [6.45, 7) is 3.96. The maximum atomic E-state index is 11.9. The van der Waals surface area contributed by atoms with E-state index in [0.29, 0.717) is 17.3 Å². The van der Waals surface area contributed by atoms with Crippen molar-refractivity contribution in [2.24, 2.45) is 11.8 Å². The van der Waals surface area contributed by atoms with Gasteiger partial charge >= 0.3 is 5.97 Å². The molecular formula is C36H42N2O4. The second-order valence-corrected chi connectivity index (χ2v) is 13.1. The summed E-state index contributed by atoms with van der Waals surface area (Å²) >= 11 is 0. The lowest BCUT2D eigenvalue weighted by molar-refractivity contribution is -0.142. The van der Waals surface area contributed by atoms with Crippen LogP contribution in [0.4, 0.5) is 0 Å². The minimum absolute atomic E-state index is 0.0277. The Kier molecular flexibility index (Phi) is 7.21. The number of fused-ring (bicyclic) bond motifs is 1. The van der Waals surface area contributed by atoms with E-state index in [0.717, 1.165) is 55.6 Å². The van der Waals surface area contributed by atoms with Crippen LogP contribution in [0.15, 0.2) is 54.7 Å². The fourth-order valence-electron chi connectivity index (χ4n) is 7.64. The molecule has 0 amide bonds. The van der Waals surface area contributed by atoms with Gasteiger partial charge in [-0.3, -0.25) is 9.69 Å². The number of likely N-dealkylation sites (tertiary alicyclic amines) is 1. The van der Waals surface area contributed by atoms with E-state index in [1.165, 1.54) is 54.4 Å². The van der Waals surface area contributed by atoms with E-state index in [4.69, 9.17) is 9.47 Å². The Bertz CT molecular complexity index is 1480. The normalized spacial score (nSPS) is 22.6. The van der Waals surface area contributed by atoms with Gasteiger partial charge in [-0.1, -0.05) is 43.7 Å². The zero-order valence-corrected chi connectivity index (χ0v) is 24.9. The number of aryl methyl sites for hydroxylation is 1. The Morgan fingerprint density at radius 1 is 1.10 bits per heavy atom. The average molecular weight is 567 g/mol. The van der Waals surface area contributed by atoms with Crippen molar-refractivity contribution in [3.8, 4) is 22.8 Å². The third kappa shape index (κ3) is 5.30. The van der Waals surface area contributed by atoms with E-state index < -0.39 is 11.9 Å². The molecular weight excluding hydrogens is 524 g/mol. The van der Waals surface area contributed by atoms with Crippen molar-refractivity contribution in [2.75, 3.05) is 13.7 Å². The predicted octanol–water partition coefficient (Wildman–Crippen LogP) is 7.56. The highest BCUT2D eigenvalue weighted by Crippen LogP contribution is 2.50. The first-order valence-corrected chi connectivity index (χ1v) is 15.8. The maximum Gasteiger partial charge on any atom is 0.306 e. The molecule has 1 spiro atoms. The van der Waals surface area contributed by atoms with Crippen LogP contribution in [0.2, 0.25) is 0 Å². The molecule has 42 heavy (non-hydrogen) atoms. The number of piperidine rings is 1. The Morgan fingerprint density at radius 2 is 1.95 bits per heavy atom. The molecule has 4 aliphatic rings. The highest BCUT2D eigenvalue weighted by atomic mass is 16.5. The molecule has 3 fully saturated rings. The largest absolute Gasteiger partial charge is 0.485 e. The molecule has 220 valence electrons. The van der Waals surface area contributed by atoms with Crippen LogP contribution in [0.25, 0.3) is 11.1 Å². The molecule has 1 N–H and O–H groups in total. The van der Waals surface area contributed by atoms with Gasteiger partial charge in [-0.15, -0.1) is 0 Å². The number of methoxy groups -OCH3 is 1. The Labute approximate surface area is 249 Å². The van der Waals surface area contributed by atoms with E-state index in [2.05, 4.69) is 52.3 Å². The molecule has 3 atom stereocenters. The lowest BCUT2D eigenvalue weighted by Crippen LogP contribution is -2.40. The first-order valence-electron chi connectivity index (χ1n) is 15.8. The van der Waals surface area contributed by atoms with Gasteiger partial charge in [0.05, 0.1) is 13.0 Å². The number of hydrogen-bond acceptors (Lipinski definition) is 5. The molecule has 3 aromatic rings. The molecule has 2 saturated carbocycles. The third-order valence-electron chi connectivity index (χ3n) is 10.4. The molecule has 2 aliphatic heterocycles. The van der Waals surface area contributed by atoms with E-state index in [-0.39, 0.29) is 12.0 Å². The van der Waals surface area contributed by atoms with Gasteiger partial charge in [-0.25, -0.2) is 4.98 Å². The molecule has 6 heteroatoms. The van der Waals surface area contributed by atoms with Gasteiger partial charge in [-0.2, -0.15) is 0 Å². The summed E-state index contributed by atoms with van der Waals surface area (Å²) in [5.41, 5.74) is 7.64. The first kappa shape index (κ1) is 27.5. The Hall–Kier alpha value is -3.38. The predicted molar refractivity (Wildman–Crippen MR) is 163 cm³/mol. The Balaban J connectivity index is 1.20. The zero-order chi connectivity index (χ0) is 28.8. The smallest absolute Gasteiger partial charge is 0.306 e. The van der Waals surface area contributed by atoms with E-state index in [1.807, 2.05) is 19.2 Å². The number of hydrogen-bond donors (Lipinski definition) is 1. The number of carbonyl (C=O) groups is 1. The molecule has 0 bridgehead atoms. The summed E-state index contributed by atoms with van der Waals surface area (Å²) in [6.07, 6.45) is 12.5. The van der Waals surface area contributed by atoms with Crippen LogP contribution >= 0.6 is 0 Å². The van der Waals surface area contributed by atoms with Gasteiger partial charge < -0.3 is 14.6 Å². The van der Waals surface area contributed by atoms with Gasteiger partial charge in [0.15, 0.2) is 0 Å². The minimum Gasteiger partial charge on any atom is -0.485 e. The van der Waals surface area contributed by atoms with Gasteiger partial charge in [-0.05, 0) is 115 Å². The second kappa shape index (κ2) is 11.0. The van der Waals surface area contributed by atoms with Crippen molar-refractivity contribution in [3.63, 3.8) is 0 Å². The summed E-state index contributed by atoms with van der Waals surface area (Å²) in [5.74, 6) is 0.929. The van der Waals surface area contributed by atoms with Gasteiger partial charge in [0.2, 0.25) is 5.88 Å². The number of aliphatic carboxylic acids is 1. The summed E-state index contributed by atoms with van der Waals surface area (Å²) in [4.78, 5) is 19.0. The van der Waals surface area contributed by atoms with Crippen molar-refractivity contribution in [2.45, 2.75) is 88.8 Å². The molecule has 6 nitrogen and oxygen atoms in total. The Morgan fingerprint density at radius 3 is 2.71 bits per heavy atom. The molecule has 2 aromatic carbocycles. The number of ether oxygens (including phenoxy) is 2. The second-order valence-electron chi connectivity index (χ2n) is 13.1.